The lowest BCUT2D eigenvalue weighted by Crippen LogP contribution is -2.30. The van der Waals surface area contributed by atoms with Crippen molar-refractivity contribution in [2.75, 3.05) is 20.2 Å². The zero-order chi connectivity index (χ0) is 14.8. The Morgan fingerprint density at radius 2 is 2.00 bits per heavy atom. The van der Waals surface area contributed by atoms with Gasteiger partial charge in [0.05, 0.1) is 17.1 Å². The molecule has 0 bridgehead atoms. The van der Waals surface area contributed by atoms with E-state index in [-0.39, 0.29) is 23.6 Å². The highest BCUT2D eigenvalue weighted by Gasteiger charge is 2.24. The Hall–Kier alpha value is -1.51. The van der Waals surface area contributed by atoms with Gasteiger partial charge < -0.3 is 10.2 Å². The summed E-state index contributed by atoms with van der Waals surface area (Å²) in [6, 6.07) is 1.83. The number of hydrogen-bond acceptors (Lipinski definition) is 4. The van der Waals surface area contributed by atoms with Crippen LogP contribution in [0.2, 0.25) is 0 Å². The van der Waals surface area contributed by atoms with Crippen LogP contribution in [0.3, 0.4) is 0 Å². The molecule has 1 rings (SSSR count). The van der Waals surface area contributed by atoms with Crippen molar-refractivity contribution in [2.45, 2.75) is 11.8 Å². The molecule has 0 saturated heterocycles. The number of aryl methyl sites for hydroxylation is 1. The lowest BCUT2D eigenvalue weighted by molar-refractivity contribution is 0.0691. The normalized spacial score (nSPS) is 11.8. The molecule has 0 aliphatic carbocycles. The molecule has 0 fully saturated rings. The molecule has 0 aliphatic rings. The quantitative estimate of drug-likeness (QED) is 0.821. The summed E-state index contributed by atoms with van der Waals surface area (Å²) < 4.78 is 38.5. The number of benzene rings is 1. The fraction of sp³-hybridized carbons (Fsp3) is 0.364. The lowest BCUT2D eigenvalue weighted by atomic mass is 10.1. The SMILES string of the molecule is Cc1cc(S(=O)(=O)N(C)CCO)cc(C(=O)O)c1F. The highest BCUT2D eigenvalue weighted by atomic mass is 32.2. The molecule has 1 aromatic carbocycles. The van der Waals surface area contributed by atoms with Crippen LogP contribution in [-0.2, 0) is 10.0 Å². The first kappa shape index (κ1) is 15.5. The minimum atomic E-state index is -3.95. The van der Waals surface area contributed by atoms with Crippen LogP contribution in [-0.4, -0.2) is 49.1 Å². The molecule has 2 N–H and O–H groups in total. The first-order chi connectivity index (χ1) is 8.71. The summed E-state index contributed by atoms with van der Waals surface area (Å²) in [4.78, 5) is 10.5. The highest BCUT2D eigenvalue weighted by Crippen LogP contribution is 2.21. The van der Waals surface area contributed by atoms with E-state index in [4.69, 9.17) is 10.2 Å². The molecule has 6 nitrogen and oxygen atoms in total. The van der Waals surface area contributed by atoms with Gasteiger partial charge in [0, 0.05) is 13.6 Å². The Morgan fingerprint density at radius 3 is 2.47 bits per heavy atom. The van der Waals surface area contributed by atoms with Crippen LogP contribution >= 0.6 is 0 Å². The highest BCUT2D eigenvalue weighted by molar-refractivity contribution is 7.89. The summed E-state index contributed by atoms with van der Waals surface area (Å²) in [6.07, 6.45) is 0. The van der Waals surface area contributed by atoms with Gasteiger partial charge in [0.2, 0.25) is 10.0 Å². The van der Waals surface area contributed by atoms with Crippen LogP contribution < -0.4 is 0 Å². The Morgan fingerprint density at radius 1 is 1.42 bits per heavy atom. The molecular formula is C11H14FNO5S. The minimum Gasteiger partial charge on any atom is -0.478 e. The number of carboxylic acids is 1. The number of likely N-dealkylation sites (N-methyl/N-ethyl adjacent to an activating group) is 1. The number of aliphatic hydroxyl groups excluding tert-OH is 1. The van der Waals surface area contributed by atoms with Crippen molar-refractivity contribution in [3.05, 3.63) is 29.1 Å². The van der Waals surface area contributed by atoms with Crippen molar-refractivity contribution in [3.8, 4) is 0 Å². The summed E-state index contributed by atoms with van der Waals surface area (Å²) >= 11 is 0. The maximum absolute atomic E-state index is 13.5. The average Bonchev–Trinajstić information content (AvgIpc) is 2.32. The van der Waals surface area contributed by atoms with Crippen LogP contribution in [0, 0.1) is 12.7 Å². The van der Waals surface area contributed by atoms with E-state index in [9.17, 15) is 17.6 Å². The third kappa shape index (κ3) is 3.09. The van der Waals surface area contributed by atoms with Crippen molar-refractivity contribution in [1.29, 1.82) is 0 Å². The molecule has 0 amide bonds. The lowest BCUT2D eigenvalue weighted by Gasteiger charge is -2.16. The molecule has 0 saturated carbocycles. The number of hydrogen-bond donors (Lipinski definition) is 2. The monoisotopic (exact) mass is 291 g/mol. The fourth-order valence-corrected chi connectivity index (χ4v) is 2.76. The molecule has 0 spiro atoms. The number of sulfonamides is 1. The predicted octanol–water partition coefficient (Wildman–Crippen LogP) is 0.445. The third-order valence-electron chi connectivity index (χ3n) is 2.58. The number of halogens is 1. The second-order valence-corrected chi connectivity index (χ2v) is 6.00. The summed E-state index contributed by atoms with van der Waals surface area (Å²) in [5, 5.41) is 17.6. The zero-order valence-corrected chi connectivity index (χ0v) is 11.2. The first-order valence-corrected chi connectivity index (χ1v) is 6.76. The van der Waals surface area contributed by atoms with Crippen LogP contribution in [0.1, 0.15) is 15.9 Å². The van der Waals surface area contributed by atoms with Crippen LogP contribution in [0.15, 0.2) is 17.0 Å². The standard InChI is InChI=1S/C11H14FNO5S/c1-7-5-8(6-9(10(7)12)11(15)16)19(17,18)13(2)3-4-14/h5-6,14H,3-4H2,1-2H3,(H,15,16). The van der Waals surface area contributed by atoms with Crippen molar-refractivity contribution in [3.63, 3.8) is 0 Å². The maximum Gasteiger partial charge on any atom is 0.338 e. The number of rotatable bonds is 5. The van der Waals surface area contributed by atoms with E-state index in [1.807, 2.05) is 0 Å². The van der Waals surface area contributed by atoms with Gasteiger partial charge in [-0.15, -0.1) is 0 Å². The topological polar surface area (TPSA) is 94.9 Å². The second-order valence-electron chi connectivity index (χ2n) is 3.96. The van der Waals surface area contributed by atoms with Gasteiger partial charge in [-0.3, -0.25) is 0 Å². The van der Waals surface area contributed by atoms with Crippen LogP contribution in [0.25, 0.3) is 0 Å². The summed E-state index contributed by atoms with van der Waals surface area (Å²) in [7, 11) is -2.71. The summed E-state index contributed by atoms with van der Waals surface area (Å²) in [6.45, 7) is 0.774. The van der Waals surface area contributed by atoms with E-state index >= 15 is 0 Å². The molecule has 0 radical (unpaired) electrons. The number of nitrogens with zero attached hydrogens (tertiary/aromatic N) is 1. The van der Waals surface area contributed by atoms with Crippen molar-refractivity contribution in [2.24, 2.45) is 0 Å². The molecule has 8 heteroatoms. The van der Waals surface area contributed by atoms with Gasteiger partial charge in [0.1, 0.15) is 5.82 Å². The van der Waals surface area contributed by atoms with E-state index < -0.39 is 27.4 Å². The van der Waals surface area contributed by atoms with E-state index in [2.05, 4.69) is 0 Å². The molecule has 19 heavy (non-hydrogen) atoms. The molecule has 0 unspecified atom stereocenters. The van der Waals surface area contributed by atoms with Crippen molar-refractivity contribution in [1.82, 2.24) is 4.31 Å². The van der Waals surface area contributed by atoms with Crippen molar-refractivity contribution >= 4 is 16.0 Å². The van der Waals surface area contributed by atoms with Gasteiger partial charge in [-0.2, -0.15) is 4.31 Å². The Labute approximate surface area is 110 Å². The van der Waals surface area contributed by atoms with E-state index in [1.54, 1.807) is 0 Å². The fourth-order valence-electron chi connectivity index (χ4n) is 1.48. The van der Waals surface area contributed by atoms with Gasteiger partial charge in [-0.1, -0.05) is 0 Å². The van der Waals surface area contributed by atoms with Crippen LogP contribution in [0.5, 0.6) is 0 Å². The third-order valence-corrected chi connectivity index (χ3v) is 4.42. The first-order valence-electron chi connectivity index (χ1n) is 5.32. The van der Waals surface area contributed by atoms with E-state index in [0.29, 0.717) is 0 Å². The summed E-state index contributed by atoms with van der Waals surface area (Å²) in [5.41, 5.74) is -0.771. The molecule has 0 atom stereocenters. The summed E-state index contributed by atoms with van der Waals surface area (Å²) in [5.74, 6) is -2.50. The van der Waals surface area contributed by atoms with Gasteiger partial charge in [0.25, 0.3) is 0 Å². The molecule has 0 heterocycles. The zero-order valence-electron chi connectivity index (χ0n) is 10.4. The van der Waals surface area contributed by atoms with Gasteiger partial charge in [-0.05, 0) is 24.6 Å². The Kier molecular flexibility index (Phi) is 4.61. The van der Waals surface area contributed by atoms with Crippen molar-refractivity contribution < 1.29 is 27.8 Å². The molecule has 1 aromatic rings. The van der Waals surface area contributed by atoms with E-state index in [1.165, 1.54) is 14.0 Å². The Bertz CT molecular complexity index is 599. The average molecular weight is 291 g/mol. The molecule has 106 valence electrons. The van der Waals surface area contributed by atoms with Gasteiger partial charge >= 0.3 is 5.97 Å². The molecule has 0 aliphatic heterocycles. The number of carbonyl (C=O) groups is 1. The smallest absolute Gasteiger partial charge is 0.338 e. The van der Waals surface area contributed by atoms with Crippen LogP contribution in [0.4, 0.5) is 4.39 Å². The number of carboxylic acid groups (broad SMARTS) is 1. The molecule has 0 aromatic heterocycles. The largest absolute Gasteiger partial charge is 0.478 e. The number of aliphatic hydroxyl groups is 1. The predicted molar refractivity (Wildman–Crippen MR) is 65.0 cm³/mol. The number of aromatic carboxylic acids is 1. The van der Waals surface area contributed by atoms with Gasteiger partial charge in [0.15, 0.2) is 0 Å². The van der Waals surface area contributed by atoms with E-state index in [0.717, 1.165) is 16.4 Å². The maximum atomic E-state index is 13.5. The minimum absolute atomic E-state index is 0.0733. The second kappa shape index (κ2) is 5.64. The van der Waals surface area contributed by atoms with Gasteiger partial charge in [-0.25, -0.2) is 17.6 Å². The molecular weight excluding hydrogens is 277 g/mol. The Balaban J connectivity index is 3.40.